The molecule has 0 aliphatic heterocycles. The van der Waals surface area contributed by atoms with Gasteiger partial charge in [-0.05, 0) is 97.4 Å². The number of rotatable bonds is 3. The van der Waals surface area contributed by atoms with Crippen LogP contribution in [0.5, 0.6) is 0 Å². The first-order valence-corrected chi connectivity index (χ1v) is 14.4. The van der Waals surface area contributed by atoms with E-state index in [2.05, 4.69) is 84.0 Å². The van der Waals surface area contributed by atoms with E-state index in [9.17, 15) is 0 Å². The Hall–Kier alpha value is -3.42. The van der Waals surface area contributed by atoms with E-state index in [1.807, 2.05) is 0 Å². The molecular weight excluding hydrogens is 461 g/mol. The topological polar surface area (TPSA) is 38.3 Å². The van der Waals surface area contributed by atoms with Gasteiger partial charge in [0.1, 0.15) is 11.2 Å². The minimum Gasteiger partial charge on any atom is -0.404 e. The molecule has 2 aliphatic rings. The van der Waals surface area contributed by atoms with Crippen LogP contribution < -0.4 is 5.09 Å². The fourth-order valence-electron chi connectivity index (χ4n) is 6.10. The van der Waals surface area contributed by atoms with Crippen LogP contribution in [-0.2, 0) is 25.7 Å². The van der Waals surface area contributed by atoms with E-state index in [4.69, 9.17) is 8.39 Å². The van der Waals surface area contributed by atoms with Crippen LogP contribution in [-0.4, -0.2) is 0 Å². The molecule has 1 N–H and O–H groups in total. The highest BCUT2D eigenvalue weighted by atomic mass is 31.1. The summed E-state index contributed by atoms with van der Waals surface area (Å²) < 4.78 is 13.4. The Morgan fingerprint density at radius 3 is 1.75 bits per heavy atom. The summed E-state index contributed by atoms with van der Waals surface area (Å²) in [6.07, 6.45) is 9.58. The Balaban J connectivity index is 1.48. The standard InChI is InChI=1S/C32H30NO2P/c1-2-10-22(11-3-1)25-14-8-9-17-28(25)33-36-34-29-20-18-23-12-4-6-15-26(23)31(29)32-27-16-7-5-13-24(27)19-21-30(32)35-36/h1-3,8-11,14,17-21,33H,4-7,12-13,15-16H2. The number of hydrogen-bond acceptors (Lipinski definition) is 3. The summed E-state index contributed by atoms with van der Waals surface area (Å²) in [5.74, 6) is 0. The largest absolute Gasteiger partial charge is 0.404 e. The molecule has 0 bridgehead atoms. The van der Waals surface area contributed by atoms with Crippen molar-refractivity contribution in [3.8, 4) is 11.1 Å². The van der Waals surface area contributed by atoms with E-state index >= 15 is 0 Å². The first-order chi connectivity index (χ1) is 17.8. The number of benzene rings is 4. The van der Waals surface area contributed by atoms with Crippen LogP contribution >= 0.6 is 8.16 Å². The van der Waals surface area contributed by atoms with Crippen LogP contribution in [0.1, 0.15) is 47.9 Å². The van der Waals surface area contributed by atoms with Gasteiger partial charge in [-0.1, -0.05) is 60.7 Å². The normalized spacial score (nSPS) is 14.9. The molecule has 2 aliphatic carbocycles. The Labute approximate surface area is 212 Å². The summed E-state index contributed by atoms with van der Waals surface area (Å²) in [7, 11) is -1.43. The summed E-state index contributed by atoms with van der Waals surface area (Å²) in [6, 6.07) is 27.9. The minimum absolute atomic E-state index is 0.962. The number of nitrogens with one attached hydrogen (secondary N) is 1. The highest BCUT2D eigenvalue weighted by Gasteiger charge is 2.21. The van der Waals surface area contributed by atoms with E-state index in [1.54, 1.807) is 0 Å². The van der Waals surface area contributed by atoms with E-state index in [-0.39, 0.29) is 0 Å². The van der Waals surface area contributed by atoms with Crippen molar-refractivity contribution in [3.63, 3.8) is 0 Å². The first kappa shape index (κ1) is 21.8. The van der Waals surface area contributed by atoms with Crippen molar-refractivity contribution in [2.24, 2.45) is 0 Å². The van der Waals surface area contributed by atoms with Crippen LogP contribution in [0.3, 0.4) is 0 Å². The SMILES string of the molecule is c1ccc(-c2ccccc2Np2oc3ccc4c(c3c3c5c(ccc3o2)CCCC5)CCCC4)cc1. The summed E-state index contributed by atoms with van der Waals surface area (Å²) in [5.41, 5.74) is 11.2. The zero-order chi connectivity index (χ0) is 23.9. The second-order valence-corrected chi connectivity index (χ2v) is 11.1. The average molecular weight is 492 g/mol. The fraction of sp³-hybridized carbons (Fsp3) is 0.250. The number of para-hydroxylation sites is 1. The average Bonchev–Trinajstić information content (AvgIpc) is 3.10. The molecular formula is C32H30NO2P. The van der Waals surface area contributed by atoms with Gasteiger partial charge in [-0.2, -0.15) is 0 Å². The number of fused-ring (bicyclic) bond motifs is 7. The maximum atomic E-state index is 6.72. The van der Waals surface area contributed by atoms with Crippen molar-refractivity contribution in [1.82, 2.24) is 0 Å². The van der Waals surface area contributed by atoms with E-state index in [0.717, 1.165) is 48.1 Å². The van der Waals surface area contributed by atoms with Gasteiger partial charge < -0.3 is 8.39 Å². The fourth-order valence-corrected chi connectivity index (χ4v) is 7.29. The molecule has 5 aromatic rings. The molecule has 7 rings (SSSR count). The van der Waals surface area contributed by atoms with E-state index < -0.39 is 8.16 Å². The molecule has 0 saturated heterocycles. The van der Waals surface area contributed by atoms with Gasteiger partial charge >= 0.3 is 8.16 Å². The molecule has 0 unspecified atom stereocenters. The second-order valence-electron chi connectivity index (χ2n) is 10.0. The second kappa shape index (κ2) is 9.22. The molecule has 0 spiro atoms. The summed E-state index contributed by atoms with van der Waals surface area (Å²) >= 11 is 0. The van der Waals surface area contributed by atoms with Gasteiger partial charge in [-0.15, -0.1) is 0 Å². The zero-order valence-electron chi connectivity index (χ0n) is 20.4. The van der Waals surface area contributed by atoms with Gasteiger partial charge in [-0.25, -0.2) is 0 Å². The molecule has 4 aromatic carbocycles. The quantitative estimate of drug-likeness (QED) is 0.273. The highest BCUT2D eigenvalue weighted by molar-refractivity contribution is 7.39. The lowest BCUT2D eigenvalue weighted by Crippen LogP contribution is -2.05. The van der Waals surface area contributed by atoms with Crippen molar-refractivity contribution < 1.29 is 8.39 Å². The number of aryl methyl sites for hydroxylation is 4. The lowest BCUT2D eigenvalue weighted by molar-refractivity contribution is 0.643. The van der Waals surface area contributed by atoms with Crippen molar-refractivity contribution >= 4 is 35.8 Å². The van der Waals surface area contributed by atoms with Gasteiger partial charge in [0, 0.05) is 16.3 Å². The maximum absolute atomic E-state index is 6.72. The van der Waals surface area contributed by atoms with Crippen LogP contribution in [0.25, 0.3) is 33.1 Å². The lowest BCUT2D eigenvalue weighted by Gasteiger charge is -2.20. The number of anilines is 1. The Bertz CT molecular complexity index is 1540. The van der Waals surface area contributed by atoms with E-state index in [1.165, 1.54) is 64.3 Å². The monoisotopic (exact) mass is 491 g/mol. The smallest absolute Gasteiger partial charge is 0.338 e. The van der Waals surface area contributed by atoms with Crippen molar-refractivity contribution in [2.75, 3.05) is 5.09 Å². The summed E-state index contributed by atoms with van der Waals surface area (Å²) in [4.78, 5) is 0. The van der Waals surface area contributed by atoms with E-state index in [0.29, 0.717) is 0 Å². The molecule has 1 heterocycles. The predicted octanol–water partition coefficient (Wildman–Crippen LogP) is 9.59. The van der Waals surface area contributed by atoms with Gasteiger partial charge in [0.05, 0.1) is 5.69 Å². The summed E-state index contributed by atoms with van der Waals surface area (Å²) in [6.45, 7) is 0. The Morgan fingerprint density at radius 2 is 1.11 bits per heavy atom. The van der Waals surface area contributed by atoms with Gasteiger partial charge in [0.25, 0.3) is 0 Å². The third-order valence-electron chi connectivity index (χ3n) is 7.83. The van der Waals surface area contributed by atoms with Crippen LogP contribution in [0.2, 0.25) is 0 Å². The predicted molar refractivity (Wildman–Crippen MR) is 151 cm³/mol. The third-order valence-corrected chi connectivity index (χ3v) is 8.97. The van der Waals surface area contributed by atoms with Crippen LogP contribution in [0.15, 0.2) is 87.3 Å². The van der Waals surface area contributed by atoms with Crippen molar-refractivity contribution in [1.29, 1.82) is 0 Å². The molecule has 0 radical (unpaired) electrons. The maximum Gasteiger partial charge on any atom is 0.338 e. The Kier molecular flexibility index (Phi) is 5.59. The van der Waals surface area contributed by atoms with Crippen molar-refractivity contribution in [3.05, 3.63) is 101 Å². The third kappa shape index (κ3) is 3.83. The molecule has 0 saturated carbocycles. The molecule has 4 heteroatoms. The zero-order valence-corrected chi connectivity index (χ0v) is 21.3. The Morgan fingerprint density at radius 1 is 0.556 bits per heavy atom. The molecule has 0 atom stereocenters. The summed E-state index contributed by atoms with van der Waals surface area (Å²) in [5, 5.41) is 6.24. The molecule has 0 fully saturated rings. The molecule has 3 nitrogen and oxygen atoms in total. The van der Waals surface area contributed by atoms with Crippen LogP contribution in [0, 0.1) is 0 Å². The van der Waals surface area contributed by atoms with Gasteiger partial charge in [0.15, 0.2) is 0 Å². The number of hydrogen-bond donors (Lipinski definition) is 1. The van der Waals surface area contributed by atoms with Crippen LogP contribution in [0.4, 0.5) is 5.69 Å². The first-order valence-electron chi connectivity index (χ1n) is 13.2. The molecule has 36 heavy (non-hydrogen) atoms. The van der Waals surface area contributed by atoms with Gasteiger partial charge in [0.2, 0.25) is 0 Å². The van der Waals surface area contributed by atoms with Gasteiger partial charge in [-0.3, -0.25) is 5.09 Å². The molecule has 0 amide bonds. The lowest BCUT2D eigenvalue weighted by atomic mass is 9.84. The minimum atomic E-state index is -1.43. The highest BCUT2D eigenvalue weighted by Crippen LogP contribution is 2.43. The molecule has 1 aromatic heterocycles. The van der Waals surface area contributed by atoms with Crippen molar-refractivity contribution in [2.45, 2.75) is 51.4 Å². The molecule has 180 valence electrons.